The summed E-state index contributed by atoms with van der Waals surface area (Å²) in [5, 5.41) is 18.8. The quantitative estimate of drug-likeness (QED) is 0.530. The van der Waals surface area contributed by atoms with Crippen LogP contribution in [0.4, 0.5) is 17.1 Å². The molecule has 1 amide bonds. The summed E-state index contributed by atoms with van der Waals surface area (Å²) in [5.74, 6) is 2.22. The van der Waals surface area contributed by atoms with Crippen molar-refractivity contribution in [2.45, 2.75) is 81.8 Å². The molecule has 1 unspecified atom stereocenters. The molecule has 1 aromatic rings. The average Bonchev–Trinajstić information content (AvgIpc) is 3.22. The predicted molar refractivity (Wildman–Crippen MR) is 123 cm³/mol. The van der Waals surface area contributed by atoms with Crippen LogP contribution in [0.2, 0.25) is 0 Å². The topological polar surface area (TPSA) is 99.9 Å². The molecule has 1 spiro atoms. The Morgan fingerprint density at radius 1 is 1.06 bits per heavy atom. The third-order valence-electron chi connectivity index (χ3n) is 8.52. The van der Waals surface area contributed by atoms with E-state index in [1.165, 1.54) is 19.3 Å². The number of hydrogen-bond acceptors (Lipinski definition) is 5. The Balaban J connectivity index is 1.40. The van der Waals surface area contributed by atoms with Crippen molar-refractivity contribution in [3.8, 4) is 0 Å². The van der Waals surface area contributed by atoms with Crippen LogP contribution in [0.5, 0.6) is 0 Å². The zero-order valence-corrected chi connectivity index (χ0v) is 18.4. The van der Waals surface area contributed by atoms with Crippen LogP contribution >= 0.6 is 0 Å². The number of carbonyl (C=O) groups excluding carboxylic acids is 1. The Hall–Kier alpha value is -2.64. The second-order valence-electron chi connectivity index (χ2n) is 10.4. The highest BCUT2D eigenvalue weighted by Gasteiger charge is 2.56. The van der Waals surface area contributed by atoms with E-state index in [1.54, 1.807) is 18.2 Å². The second-order valence-corrected chi connectivity index (χ2v) is 10.4. The van der Waals surface area contributed by atoms with Gasteiger partial charge in [-0.05, 0) is 56.4 Å². The van der Waals surface area contributed by atoms with E-state index in [0.717, 1.165) is 62.3 Å². The first-order chi connectivity index (χ1) is 15.5. The molecule has 6 rings (SSSR count). The van der Waals surface area contributed by atoms with Crippen LogP contribution in [-0.4, -0.2) is 45.7 Å². The predicted octanol–water partition coefficient (Wildman–Crippen LogP) is 4.32. The van der Waals surface area contributed by atoms with E-state index in [2.05, 4.69) is 15.5 Å². The van der Waals surface area contributed by atoms with Crippen LogP contribution in [0, 0.1) is 22.0 Å². The number of piperidine rings is 1. The number of carbonyl (C=O) groups is 1. The monoisotopic (exact) mass is 437 g/mol. The number of nitrogens with zero attached hydrogens (tertiary/aromatic N) is 3. The number of non-ortho nitro benzene ring substituents is 1. The summed E-state index contributed by atoms with van der Waals surface area (Å²) in [5.41, 5.74) is 1.42. The highest BCUT2D eigenvalue weighted by molar-refractivity contribution is 6.10. The molecule has 8 nitrogen and oxygen atoms in total. The van der Waals surface area contributed by atoms with Gasteiger partial charge in [-0.25, -0.2) is 0 Å². The molecule has 2 N–H and O–H groups in total. The lowest BCUT2D eigenvalue weighted by Gasteiger charge is -2.53. The molecule has 1 aromatic carbocycles. The van der Waals surface area contributed by atoms with Crippen molar-refractivity contribution in [1.29, 1.82) is 0 Å². The maximum atomic E-state index is 12.5. The third-order valence-corrected chi connectivity index (χ3v) is 8.52. The molecule has 4 atom stereocenters. The first kappa shape index (κ1) is 20.0. The van der Waals surface area contributed by atoms with Gasteiger partial charge in [0.1, 0.15) is 5.84 Å². The van der Waals surface area contributed by atoms with Gasteiger partial charge in [-0.3, -0.25) is 19.9 Å². The van der Waals surface area contributed by atoms with Crippen molar-refractivity contribution in [1.82, 2.24) is 4.90 Å². The number of fused-ring (bicyclic) bond motifs is 1. The Labute approximate surface area is 188 Å². The number of nitro benzene ring substituents is 1. The van der Waals surface area contributed by atoms with Crippen LogP contribution in [0.25, 0.3) is 0 Å². The molecule has 5 aliphatic rings. The molecular formula is C24H31N5O3. The second kappa shape index (κ2) is 7.46. The summed E-state index contributed by atoms with van der Waals surface area (Å²) in [6, 6.07) is 5.70. The van der Waals surface area contributed by atoms with Crippen LogP contribution in [-0.2, 0) is 4.79 Å². The molecule has 3 heterocycles. The number of nitrogens with one attached hydrogen (secondary N) is 2. The minimum Gasteiger partial charge on any atom is -0.371 e. The Kier molecular flexibility index (Phi) is 4.66. The molecule has 0 aromatic heterocycles. The van der Waals surface area contributed by atoms with Gasteiger partial charge >= 0.3 is 0 Å². The number of aliphatic imine (C=N–C) groups is 1. The molecule has 2 saturated heterocycles. The normalized spacial score (nSPS) is 35.2. The Morgan fingerprint density at radius 3 is 2.62 bits per heavy atom. The Morgan fingerprint density at radius 2 is 1.84 bits per heavy atom. The van der Waals surface area contributed by atoms with Crippen LogP contribution in [0.3, 0.4) is 0 Å². The lowest BCUT2D eigenvalue weighted by atomic mass is 9.64. The van der Waals surface area contributed by atoms with Gasteiger partial charge in [-0.15, -0.1) is 0 Å². The van der Waals surface area contributed by atoms with E-state index in [0.29, 0.717) is 36.2 Å². The summed E-state index contributed by atoms with van der Waals surface area (Å²) in [6.45, 7) is 0.866. The van der Waals surface area contributed by atoms with Gasteiger partial charge in [0.05, 0.1) is 27.9 Å². The van der Waals surface area contributed by atoms with Gasteiger partial charge in [0.25, 0.3) is 5.69 Å². The third kappa shape index (κ3) is 3.18. The van der Waals surface area contributed by atoms with Gasteiger partial charge in [-0.2, -0.15) is 0 Å². The molecule has 4 fully saturated rings. The molecule has 32 heavy (non-hydrogen) atoms. The van der Waals surface area contributed by atoms with Crippen LogP contribution < -0.4 is 10.6 Å². The molecule has 0 bridgehead atoms. The lowest BCUT2D eigenvalue weighted by Crippen LogP contribution is -2.62. The SMILES string of the molecule is O=C1CC[C@@H]2CC3(C[C@@H]4CCN1[C@H]24)Nc1cc([N+](=O)[O-])ccc1NC3=NC1CCCCC1. The van der Waals surface area contributed by atoms with Crippen molar-refractivity contribution >= 4 is 28.8 Å². The van der Waals surface area contributed by atoms with Crippen molar-refractivity contribution in [3.05, 3.63) is 28.3 Å². The van der Waals surface area contributed by atoms with E-state index in [1.807, 2.05) is 0 Å². The van der Waals surface area contributed by atoms with Gasteiger partial charge in [0.15, 0.2) is 0 Å². The van der Waals surface area contributed by atoms with Crippen molar-refractivity contribution in [2.75, 3.05) is 17.2 Å². The van der Waals surface area contributed by atoms with Crippen LogP contribution in [0.15, 0.2) is 23.2 Å². The summed E-state index contributed by atoms with van der Waals surface area (Å²) in [6.07, 6.45) is 10.4. The number of hydrogen-bond donors (Lipinski definition) is 2. The van der Waals surface area contributed by atoms with Crippen molar-refractivity contribution < 1.29 is 9.72 Å². The molecular weight excluding hydrogens is 406 g/mol. The molecule has 170 valence electrons. The zero-order chi connectivity index (χ0) is 21.9. The highest BCUT2D eigenvalue weighted by atomic mass is 16.6. The largest absolute Gasteiger partial charge is 0.371 e. The van der Waals surface area contributed by atoms with Crippen molar-refractivity contribution in [2.24, 2.45) is 16.8 Å². The minimum absolute atomic E-state index is 0.102. The number of anilines is 2. The fourth-order valence-electron chi connectivity index (χ4n) is 7.12. The number of benzene rings is 1. The van der Waals surface area contributed by atoms with Crippen molar-refractivity contribution in [3.63, 3.8) is 0 Å². The van der Waals surface area contributed by atoms with E-state index in [-0.39, 0.29) is 16.1 Å². The fraction of sp³-hybridized carbons (Fsp3) is 0.667. The smallest absolute Gasteiger partial charge is 0.271 e. The summed E-state index contributed by atoms with van der Waals surface area (Å²) in [7, 11) is 0. The van der Waals surface area contributed by atoms with E-state index < -0.39 is 0 Å². The first-order valence-electron chi connectivity index (χ1n) is 12.2. The average molecular weight is 438 g/mol. The highest BCUT2D eigenvalue weighted by Crippen LogP contribution is 2.51. The lowest BCUT2D eigenvalue weighted by molar-refractivity contribution is -0.384. The summed E-state index contributed by atoms with van der Waals surface area (Å²) in [4.78, 5) is 31.0. The number of nitro groups is 1. The van der Waals surface area contributed by atoms with Crippen LogP contribution in [0.1, 0.15) is 64.2 Å². The summed E-state index contributed by atoms with van der Waals surface area (Å²) >= 11 is 0. The minimum atomic E-state index is -0.345. The van der Waals surface area contributed by atoms with Gasteiger partial charge in [-0.1, -0.05) is 19.3 Å². The molecule has 8 heteroatoms. The fourth-order valence-corrected chi connectivity index (χ4v) is 7.12. The zero-order valence-electron chi connectivity index (χ0n) is 18.4. The first-order valence-corrected chi connectivity index (χ1v) is 12.2. The standard InChI is InChI=1S/C24H31N5O3/c30-21-9-6-15-13-24(14-16-10-11-28(21)22(15)16)23(25-17-4-2-1-3-5-17)26-19-8-7-18(29(31)32)12-20(19)27-24/h7-8,12,15-17,22,27H,1-6,9-11,13-14H2,(H,25,26)/t15-,16+,22-,24?/m1/s1. The van der Waals surface area contributed by atoms with Gasteiger partial charge in [0, 0.05) is 31.1 Å². The maximum absolute atomic E-state index is 12.5. The number of amides is 1. The molecule has 0 radical (unpaired) electrons. The summed E-state index contributed by atoms with van der Waals surface area (Å²) < 4.78 is 0. The maximum Gasteiger partial charge on any atom is 0.271 e. The Bertz CT molecular complexity index is 988. The van der Waals surface area contributed by atoms with Gasteiger partial charge < -0.3 is 15.5 Å². The number of rotatable bonds is 2. The number of amidine groups is 1. The molecule has 3 aliphatic heterocycles. The molecule has 2 saturated carbocycles. The van der Waals surface area contributed by atoms with E-state index in [4.69, 9.17) is 4.99 Å². The molecule has 2 aliphatic carbocycles. The van der Waals surface area contributed by atoms with Gasteiger partial charge in [0.2, 0.25) is 5.91 Å². The van der Waals surface area contributed by atoms with E-state index >= 15 is 0 Å². The van der Waals surface area contributed by atoms with E-state index in [9.17, 15) is 14.9 Å².